The smallest absolute Gasteiger partial charge is 0.255 e. The van der Waals surface area contributed by atoms with Crippen LogP contribution in [-0.4, -0.2) is 28.6 Å². The van der Waals surface area contributed by atoms with Crippen molar-refractivity contribution >= 4 is 33.6 Å². The number of aromatic hydroxyl groups is 1. The van der Waals surface area contributed by atoms with E-state index in [0.29, 0.717) is 5.56 Å². The fourth-order valence-corrected chi connectivity index (χ4v) is 3.50. The molecule has 0 unspecified atom stereocenters. The zero-order chi connectivity index (χ0) is 13.8. The third-order valence-electron chi connectivity index (χ3n) is 3.55. The van der Waals surface area contributed by atoms with Gasteiger partial charge in [-0.3, -0.25) is 4.79 Å². The van der Waals surface area contributed by atoms with Crippen molar-refractivity contribution in [2.75, 3.05) is 6.26 Å². The zero-order valence-corrected chi connectivity index (χ0v) is 13.3. The normalized spacial score (nSPS) is 23.1. The Hall–Kier alpha value is -0.680. The van der Waals surface area contributed by atoms with Crippen LogP contribution in [0.4, 0.5) is 0 Å². The lowest BCUT2D eigenvalue weighted by Crippen LogP contribution is -2.38. The van der Waals surface area contributed by atoms with E-state index in [1.807, 2.05) is 11.8 Å². The van der Waals surface area contributed by atoms with Gasteiger partial charge in [-0.25, -0.2) is 0 Å². The summed E-state index contributed by atoms with van der Waals surface area (Å²) in [6, 6.07) is 5.13. The Bertz CT molecular complexity index is 459. The largest absolute Gasteiger partial charge is 0.507 e. The maximum absolute atomic E-state index is 12.1. The van der Waals surface area contributed by atoms with Gasteiger partial charge < -0.3 is 10.4 Å². The number of rotatable bonds is 3. The second-order valence-corrected chi connectivity index (χ2v) is 6.90. The Balaban J connectivity index is 1.96. The van der Waals surface area contributed by atoms with E-state index in [1.54, 1.807) is 12.1 Å². The van der Waals surface area contributed by atoms with Crippen LogP contribution < -0.4 is 5.32 Å². The van der Waals surface area contributed by atoms with Gasteiger partial charge in [-0.05, 0) is 50.1 Å². The standard InChI is InChI=1S/C14H18BrNO2S/c1-19-11-5-3-10(4-6-11)16-14(18)12-8-9(15)2-7-13(12)17/h2,7-8,10-11,17H,3-6H2,1H3,(H,16,18). The molecule has 2 N–H and O–H groups in total. The molecule has 1 aromatic rings. The lowest BCUT2D eigenvalue weighted by Gasteiger charge is -2.28. The first-order valence-corrected chi connectivity index (χ1v) is 8.50. The van der Waals surface area contributed by atoms with E-state index in [2.05, 4.69) is 27.5 Å². The highest BCUT2D eigenvalue weighted by Gasteiger charge is 2.23. The topological polar surface area (TPSA) is 49.3 Å². The van der Waals surface area contributed by atoms with Gasteiger partial charge in [-0.1, -0.05) is 15.9 Å². The molecule has 1 aromatic carbocycles. The Morgan fingerprint density at radius 2 is 2.05 bits per heavy atom. The number of halogens is 1. The highest BCUT2D eigenvalue weighted by Crippen LogP contribution is 2.27. The number of nitrogens with one attached hydrogen (secondary N) is 1. The molecule has 1 amide bonds. The van der Waals surface area contributed by atoms with E-state index in [-0.39, 0.29) is 17.7 Å². The minimum Gasteiger partial charge on any atom is -0.507 e. The Morgan fingerprint density at radius 1 is 1.37 bits per heavy atom. The molecule has 1 saturated carbocycles. The Labute approximate surface area is 126 Å². The summed E-state index contributed by atoms with van der Waals surface area (Å²) in [7, 11) is 0. The number of hydrogen-bond acceptors (Lipinski definition) is 3. The summed E-state index contributed by atoms with van der Waals surface area (Å²) in [5.41, 5.74) is 0.335. The van der Waals surface area contributed by atoms with Gasteiger partial charge >= 0.3 is 0 Å². The van der Waals surface area contributed by atoms with Crippen LogP contribution in [0, 0.1) is 0 Å². The molecule has 0 aliphatic heterocycles. The number of carbonyl (C=O) groups is 1. The van der Waals surface area contributed by atoms with Gasteiger partial charge in [-0.2, -0.15) is 11.8 Å². The molecule has 0 bridgehead atoms. The second kappa shape index (κ2) is 6.66. The van der Waals surface area contributed by atoms with Crippen LogP contribution >= 0.6 is 27.7 Å². The Kier molecular flexibility index (Phi) is 5.16. The number of phenolic OH excluding ortho intramolecular Hbond substituents is 1. The quantitative estimate of drug-likeness (QED) is 0.882. The molecule has 0 aromatic heterocycles. The van der Waals surface area contributed by atoms with Gasteiger partial charge in [0.15, 0.2) is 0 Å². The SMILES string of the molecule is CSC1CCC(NC(=O)c2cc(Br)ccc2O)CC1. The zero-order valence-electron chi connectivity index (χ0n) is 10.9. The molecule has 5 heteroatoms. The maximum atomic E-state index is 12.1. The highest BCUT2D eigenvalue weighted by atomic mass is 79.9. The molecule has 19 heavy (non-hydrogen) atoms. The van der Waals surface area contributed by atoms with Gasteiger partial charge in [0, 0.05) is 15.8 Å². The van der Waals surface area contributed by atoms with Gasteiger partial charge in [-0.15, -0.1) is 0 Å². The fourth-order valence-electron chi connectivity index (χ4n) is 2.40. The summed E-state index contributed by atoms with van der Waals surface area (Å²) in [5, 5.41) is 13.5. The number of benzene rings is 1. The third-order valence-corrected chi connectivity index (χ3v) is 5.18. The van der Waals surface area contributed by atoms with Crippen LogP contribution in [-0.2, 0) is 0 Å². The van der Waals surface area contributed by atoms with E-state index in [1.165, 1.54) is 6.07 Å². The number of amides is 1. The van der Waals surface area contributed by atoms with Crippen molar-refractivity contribution in [2.45, 2.75) is 37.0 Å². The molecule has 0 atom stereocenters. The van der Waals surface area contributed by atoms with Crippen molar-refractivity contribution in [1.29, 1.82) is 0 Å². The predicted octanol–water partition coefficient (Wildman–Crippen LogP) is 3.56. The molecule has 1 fully saturated rings. The molecule has 0 heterocycles. The molecule has 1 aliphatic rings. The fraction of sp³-hybridized carbons (Fsp3) is 0.500. The summed E-state index contributed by atoms with van der Waals surface area (Å²) in [5.74, 6) is -0.162. The predicted molar refractivity (Wildman–Crippen MR) is 82.8 cm³/mol. The Morgan fingerprint density at radius 3 is 2.68 bits per heavy atom. The summed E-state index contributed by atoms with van der Waals surface area (Å²) in [6.07, 6.45) is 6.48. The van der Waals surface area contributed by atoms with Crippen molar-refractivity contribution in [3.05, 3.63) is 28.2 Å². The molecular weight excluding hydrogens is 326 g/mol. The van der Waals surface area contributed by atoms with Crippen molar-refractivity contribution in [3.63, 3.8) is 0 Å². The van der Waals surface area contributed by atoms with Crippen LogP contribution in [0.15, 0.2) is 22.7 Å². The number of carbonyl (C=O) groups excluding carboxylic acids is 1. The molecular formula is C14H18BrNO2S. The molecule has 0 saturated heterocycles. The molecule has 2 rings (SSSR count). The van der Waals surface area contributed by atoms with E-state index >= 15 is 0 Å². The first kappa shape index (κ1) is 14.7. The molecule has 3 nitrogen and oxygen atoms in total. The average molecular weight is 344 g/mol. The van der Waals surface area contributed by atoms with E-state index in [9.17, 15) is 9.90 Å². The number of thioether (sulfide) groups is 1. The second-order valence-electron chi connectivity index (χ2n) is 4.84. The lowest BCUT2D eigenvalue weighted by molar-refractivity contribution is 0.0925. The molecule has 0 radical (unpaired) electrons. The van der Waals surface area contributed by atoms with E-state index in [0.717, 1.165) is 35.4 Å². The molecule has 1 aliphatic carbocycles. The minimum absolute atomic E-state index is 0.0264. The van der Waals surface area contributed by atoms with Crippen LogP contribution in [0.5, 0.6) is 5.75 Å². The summed E-state index contributed by atoms with van der Waals surface area (Å²) in [6.45, 7) is 0. The first-order valence-electron chi connectivity index (χ1n) is 6.42. The first-order chi connectivity index (χ1) is 9.10. The van der Waals surface area contributed by atoms with Crippen molar-refractivity contribution in [3.8, 4) is 5.75 Å². The van der Waals surface area contributed by atoms with Crippen LogP contribution in [0.25, 0.3) is 0 Å². The maximum Gasteiger partial charge on any atom is 0.255 e. The molecule has 104 valence electrons. The minimum atomic E-state index is -0.189. The number of phenols is 1. The van der Waals surface area contributed by atoms with E-state index < -0.39 is 0 Å². The van der Waals surface area contributed by atoms with Gasteiger partial charge in [0.2, 0.25) is 0 Å². The van der Waals surface area contributed by atoms with Crippen LogP contribution in [0.1, 0.15) is 36.0 Å². The van der Waals surface area contributed by atoms with Crippen molar-refractivity contribution in [1.82, 2.24) is 5.32 Å². The van der Waals surface area contributed by atoms with E-state index in [4.69, 9.17) is 0 Å². The third kappa shape index (κ3) is 3.89. The van der Waals surface area contributed by atoms with Gasteiger partial charge in [0.05, 0.1) is 5.56 Å². The van der Waals surface area contributed by atoms with Crippen LogP contribution in [0.3, 0.4) is 0 Å². The summed E-state index contributed by atoms with van der Waals surface area (Å²) < 4.78 is 0.793. The molecule has 0 spiro atoms. The van der Waals surface area contributed by atoms with Gasteiger partial charge in [0.1, 0.15) is 5.75 Å². The van der Waals surface area contributed by atoms with Crippen LogP contribution in [0.2, 0.25) is 0 Å². The lowest BCUT2D eigenvalue weighted by atomic mass is 9.94. The van der Waals surface area contributed by atoms with Crippen molar-refractivity contribution in [2.24, 2.45) is 0 Å². The summed E-state index contributed by atoms with van der Waals surface area (Å²) >= 11 is 5.22. The monoisotopic (exact) mass is 343 g/mol. The van der Waals surface area contributed by atoms with Crippen molar-refractivity contribution < 1.29 is 9.90 Å². The highest BCUT2D eigenvalue weighted by molar-refractivity contribution is 9.10. The average Bonchev–Trinajstić information content (AvgIpc) is 2.42. The number of hydrogen-bond donors (Lipinski definition) is 2. The van der Waals surface area contributed by atoms with Gasteiger partial charge in [0.25, 0.3) is 5.91 Å². The summed E-state index contributed by atoms with van der Waals surface area (Å²) in [4.78, 5) is 12.1.